The first-order chi connectivity index (χ1) is 13.6. The molecule has 0 amide bonds. The Morgan fingerprint density at radius 2 is 1.89 bits per heavy atom. The van der Waals surface area contributed by atoms with Gasteiger partial charge in [0.1, 0.15) is 23.2 Å². The summed E-state index contributed by atoms with van der Waals surface area (Å²) in [5, 5.41) is 14.1. The average Bonchev–Trinajstić information content (AvgIpc) is 3.11. The molecule has 0 fully saturated rings. The zero-order valence-electron chi connectivity index (χ0n) is 16.2. The standard InChI is InChI=1S/C19H21N9/c1-12-16-18(26(3)25-12)21-17(14-6-4-5-8-20-14)22-19(16)27-9-7-15-24-23-13(2)28(15)11-10-27/h4-6,8H,7,9-11H2,1-3H3. The van der Waals surface area contributed by atoms with Crippen molar-refractivity contribution >= 4 is 16.9 Å². The molecule has 0 saturated carbocycles. The van der Waals surface area contributed by atoms with Gasteiger partial charge in [-0.15, -0.1) is 10.2 Å². The highest BCUT2D eigenvalue weighted by Crippen LogP contribution is 2.30. The monoisotopic (exact) mass is 375 g/mol. The van der Waals surface area contributed by atoms with Crippen LogP contribution in [0.2, 0.25) is 0 Å². The van der Waals surface area contributed by atoms with Crippen molar-refractivity contribution in [2.45, 2.75) is 26.8 Å². The van der Waals surface area contributed by atoms with Gasteiger partial charge in [0, 0.05) is 39.3 Å². The summed E-state index contributed by atoms with van der Waals surface area (Å²) in [6, 6.07) is 5.77. The molecule has 0 aliphatic carbocycles. The third kappa shape index (κ3) is 2.62. The number of hydrogen-bond donors (Lipinski definition) is 0. The first-order valence-electron chi connectivity index (χ1n) is 9.38. The van der Waals surface area contributed by atoms with Gasteiger partial charge in [0.2, 0.25) is 0 Å². The molecule has 0 atom stereocenters. The van der Waals surface area contributed by atoms with Gasteiger partial charge in [-0.1, -0.05) is 6.07 Å². The Hall–Kier alpha value is -3.36. The molecule has 0 saturated heterocycles. The highest BCUT2D eigenvalue weighted by Gasteiger charge is 2.24. The molecule has 1 aliphatic heterocycles. The Morgan fingerprint density at radius 1 is 1.00 bits per heavy atom. The van der Waals surface area contributed by atoms with Crippen LogP contribution in [0.1, 0.15) is 17.3 Å². The quantitative estimate of drug-likeness (QED) is 0.527. The lowest BCUT2D eigenvalue weighted by atomic mass is 10.2. The molecule has 4 aromatic rings. The molecule has 28 heavy (non-hydrogen) atoms. The summed E-state index contributed by atoms with van der Waals surface area (Å²) in [7, 11) is 1.92. The van der Waals surface area contributed by atoms with Crippen LogP contribution in [0.3, 0.4) is 0 Å². The number of nitrogens with zero attached hydrogens (tertiary/aromatic N) is 9. The van der Waals surface area contributed by atoms with Crippen molar-refractivity contribution in [2.24, 2.45) is 7.05 Å². The van der Waals surface area contributed by atoms with Crippen LogP contribution in [0, 0.1) is 13.8 Å². The van der Waals surface area contributed by atoms with Crippen LogP contribution < -0.4 is 4.90 Å². The van der Waals surface area contributed by atoms with Gasteiger partial charge in [-0.3, -0.25) is 9.67 Å². The smallest absolute Gasteiger partial charge is 0.182 e. The number of fused-ring (bicyclic) bond motifs is 2. The second-order valence-corrected chi connectivity index (χ2v) is 7.05. The molecule has 4 aromatic heterocycles. The fourth-order valence-electron chi connectivity index (χ4n) is 3.84. The molecule has 9 heteroatoms. The summed E-state index contributed by atoms with van der Waals surface area (Å²) in [4.78, 5) is 16.4. The molecule has 0 aromatic carbocycles. The summed E-state index contributed by atoms with van der Waals surface area (Å²) in [6.45, 7) is 6.48. The van der Waals surface area contributed by atoms with Crippen LogP contribution in [0.15, 0.2) is 24.4 Å². The SMILES string of the molecule is Cc1nn(C)c2nc(-c3ccccn3)nc(N3CCc4nnc(C)n4CC3)c12. The number of pyridine rings is 1. The first kappa shape index (κ1) is 16.8. The van der Waals surface area contributed by atoms with Crippen LogP contribution in [-0.2, 0) is 20.0 Å². The molecule has 0 radical (unpaired) electrons. The molecule has 5 rings (SSSR count). The fourth-order valence-corrected chi connectivity index (χ4v) is 3.84. The van der Waals surface area contributed by atoms with E-state index in [1.807, 2.05) is 43.8 Å². The largest absolute Gasteiger partial charge is 0.354 e. The first-order valence-corrected chi connectivity index (χ1v) is 9.38. The van der Waals surface area contributed by atoms with Crippen molar-refractivity contribution in [3.63, 3.8) is 0 Å². The maximum atomic E-state index is 4.93. The van der Waals surface area contributed by atoms with Gasteiger partial charge in [-0.05, 0) is 26.0 Å². The van der Waals surface area contributed by atoms with Gasteiger partial charge in [0.15, 0.2) is 11.5 Å². The third-order valence-corrected chi connectivity index (χ3v) is 5.24. The van der Waals surface area contributed by atoms with E-state index in [4.69, 9.17) is 9.97 Å². The van der Waals surface area contributed by atoms with Gasteiger partial charge in [0.25, 0.3) is 0 Å². The molecule has 1 aliphatic rings. The van der Waals surface area contributed by atoms with Crippen molar-refractivity contribution in [1.82, 2.24) is 39.5 Å². The number of rotatable bonds is 2. The minimum absolute atomic E-state index is 0.617. The van der Waals surface area contributed by atoms with Crippen LogP contribution in [0.5, 0.6) is 0 Å². The molecular formula is C19H21N9. The minimum Gasteiger partial charge on any atom is -0.354 e. The lowest BCUT2D eigenvalue weighted by Crippen LogP contribution is -2.28. The zero-order chi connectivity index (χ0) is 19.3. The summed E-state index contributed by atoms with van der Waals surface area (Å²) in [5.74, 6) is 3.51. The van der Waals surface area contributed by atoms with Gasteiger partial charge >= 0.3 is 0 Å². The predicted octanol–water partition coefficient (Wildman–Crippen LogP) is 1.70. The van der Waals surface area contributed by atoms with Crippen LogP contribution in [0.25, 0.3) is 22.6 Å². The summed E-state index contributed by atoms with van der Waals surface area (Å²) in [6.07, 6.45) is 2.59. The Labute approximate surface area is 162 Å². The zero-order valence-corrected chi connectivity index (χ0v) is 16.2. The van der Waals surface area contributed by atoms with E-state index in [9.17, 15) is 0 Å². The van der Waals surface area contributed by atoms with Crippen molar-refractivity contribution in [3.05, 3.63) is 41.7 Å². The molecule has 0 N–H and O–H groups in total. The van der Waals surface area contributed by atoms with E-state index in [-0.39, 0.29) is 0 Å². The van der Waals surface area contributed by atoms with Crippen LogP contribution >= 0.6 is 0 Å². The maximum absolute atomic E-state index is 4.93. The summed E-state index contributed by atoms with van der Waals surface area (Å²) < 4.78 is 4.01. The van der Waals surface area contributed by atoms with Gasteiger partial charge in [0.05, 0.1) is 11.1 Å². The number of hydrogen-bond acceptors (Lipinski definition) is 7. The third-order valence-electron chi connectivity index (χ3n) is 5.24. The van der Waals surface area contributed by atoms with E-state index >= 15 is 0 Å². The normalized spacial score (nSPS) is 14.3. The van der Waals surface area contributed by atoms with Crippen molar-refractivity contribution < 1.29 is 0 Å². The number of anilines is 1. The molecule has 5 heterocycles. The van der Waals surface area contributed by atoms with Crippen molar-refractivity contribution in [3.8, 4) is 11.5 Å². The molecule has 0 unspecified atom stereocenters. The van der Waals surface area contributed by atoms with Crippen LogP contribution in [-0.4, -0.2) is 52.6 Å². The Balaban J connectivity index is 1.64. The fraction of sp³-hybridized carbons (Fsp3) is 0.368. The molecule has 142 valence electrons. The van der Waals surface area contributed by atoms with E-state index in [0.29, 0.717) is 5.82 Å². The van der Waals surface area contributed by atoms with E-state index in [0.717, 1.165) is 65.9 Å². The highest BCUT2D eigenvalue weighted by atomic mass is 15.3. The van der Waals surface area contributed by atoms with E-state index in [2.05, 4.69) is 29.7 Å². The Kier molecular flexibility index (Phi) is 3.81. The maximum Gasteiger partial charge on any atom is 0.182 e. The molecule has 9 nitrogen and oxygen atoms in total. The van der Waals surface area contributed by atoms with Gasteiger partial charge < -0.3 is 9.47 Å². The van der Waals surface area contributed by atoms with Crippen LogP contribution in [0.4, 0.5) is 5.82 Å². The second kappa shape index (κ2) is 6.36. The molecular weight excluding hydrogens is 354 g/mol. The lowest BCUT2D eigenvalue weighted by Gasteiger charge is -2.22. The van der Waals surface area contributed by atoms with E-state index in [1.165, 1.54) is 0 Å². The minimum atomic E-state index is 0.617. The topological polar surface area (TPSA) is 90.4 Å². The Bertz CT molecular complexity index is 1160. The molecule has 0 bridgehead atoms. The predicted molar refractivity (Wildman–Crippen MR) is 105 cm³/mol. The molecule has 0 spiro atoms. The second-order valence-electron chi connectivity index (χ2n) is 7.05. The number of aryl methyl sites for hydroxylation is 3. The van der Waals surface area contributed by atoms with Crippen molar-refractivity contribution in [1.29, 1.82) is 0 Å². The number of aromatic nitrogens is 8. The van der Waals surface area contributed by atoms with Gasteiger partial charge in [-0.2, -0.15) is 5.10 Å². The highest BCUT2D eigenvalue weighted by molar-refractivity contribution is 5.91. The van der Waals surface area contributed by atoms with Gasteiger partial charge in [-0.25, -0.2) is 9.97 Å². The summed E-state index contributed by atoms with van der Waals surface area (Å²) >= 11 is 0. The van der Waals surface area contributed by atoms with Crippen molar-refractivity contribution in [2.75, 3.05) is 18.0 Å². The van der Waals surface area contributed by atoms with E-state index < -0.39 is 0 Å². The summed E-state index contributed by atoms with van der Waals surface area (Å²) in [5.41, 5.74) is 2.51. The Morgan fingerprint density at radius 3 is 2.71 bits per heavy atom. The van der Waals surface area contributed by atoms with E-state index in [1.54, 1.807) is 6.20 Å². The lowest BCUT2D eigenvalue weighted by molar-refractivity contribution is 0.665. The average molecular weight is 375 g/mol.